The largest absolute Gasteiger partial charge is 0.416 e. The lowest BCUT2D eigenvalue weighted by Crippen LogP contribution is -2.17. The molecule has 0 saturated carbocycles. The molecule has 8 heteroatoms. The van der Waals surface area contributed by atoms with E-state index in [2.05, 4.69) is 0 Å². The van der Waals surface area contributed by atoms with E-state index >= 15 is 0 Å². The Hall–Kier alpha value is -0.880. The zero-order chi connectivity index (χ0) is 16.1. The van der Waals surface area contributed by atoms with Crippen molar-refractivity contribution in [2.45, 2.75) is 26.1 Å². The summed E-state index contributed by atoms with van der Waals surface area (Å²) >= 11 is 0. The molecule has 0 aliphatic rings. The molecule has 0 radical (unpaired) electrons. The van der Waals surface area contributed by atoms with Gasteiger partial charge in [-0.1, -0.05) is 12.1 Å². The van der Waals surface area contributed by atoms with Gasteiger partial charge in [-0.2, -0.15) is 13.2 Å². The summed E-state index contributed by atoms with van der Waals surface area (Å²) in [6.07, 6.45) is -4.48. The van der Waals surface area contributed by atoms with Crippen molar-refractivity contribution in [2.75, 3.05) is 19.4 Å². The molecule has 0 bridgehead atoms. The average Bonchev–Trinajstić information content (AvgIpc) is 2.38. The van der Waals surface area contributed by atoms with Crippen molar-refractivity contribution in [3.63, 3.8) is 0 Å². The van der Waals surface area contributed by atoms with Crippen LogP contribution in [0.25, 0.3) is 0 Å². The molecule has 0 spiro atoms. The SMILES string of the molecule is CCOP(=O)(CC(N)c1ccc(C(F)(F)F)cc1)OCC. The van der Waals surface area contributed by atoms with Crippen LogP contribution in [-0.2, 0) is 19.8 Å². The van der Waals surface area contributed by atoms with Crippen molar-refractivity contribution in [3.8, 4) is 0 Å². The Morgan fingerprint density at radius 2 is 1.62 bits per heavy atom. The Labute approximate surface area is 122 Å². The lowest BCUT2D eigenvalue weighted by atomic mass is 10.1. The van der Waals surface area contributed by atoms with Crippen LogP contribution in [0.5, 0.6) is 0 Å². The molecule has 4 nitrogen and oxygen atoms in total. The molecule has 120 valence electrons. The zero-order valence-electron chi connectivity index (χ0n) is 11.9. The van der Waals surface area contributed by atoms with Gasteiger partial charge in [0.25, 0.3) is 0 Å². The molecular weight excluding hydrogens is 306 g/mol. The van der Waals surface area contributed by atoms with Crippen molar-refractivity contribution in [1.29, 1.82) is 0 Å². The van der Waals surface area contributed by atoms with Gasteiger partial charge in [0.2, 0.25) is 0 Å². The Bertz CT molecular complexity index is 480. The lowest BCUT2D eigenvalue weighted by molar-refractivity contribution is -0.137. The first-order chi connectivity index (χ1) is 9.72. The van der Waals surface area contributed by atoms with Crippen LogP contribution >= 0.6 is 7.60 Å². The number of nitrogens with two attached hydrogens (primary N) is 1. The number of rotatable bonds is 7. The maximum atomic E-state index is 12.5. The van der Waals surface area contributed by atoms with Gasteiger partial charge in [0.15, 0.2) is 0 Å². The maximum Gasteiger partial charge on any atom is 0.416 e. The fourth-order valence-corrected chi connectivity index (χ4v) is 3.57. The first-order valence-corrected chi connectivity index (χ1v) is 8.25. The van der Waals surface area contributed by atoms with Crippen molar-refractivity contribution in [2.24, 2.45) is 5.73 Å². The minimum absolute atomic E-state index is 0.0833. The third-order valence-electron chi connectivity index (χ3n) is 2.74. The Morgan fingerprint density at radius 3 is 2.00 bits per heavy atom. The monoisotopic (exact) mass is 325 g/mol. The van der Waals surface area contributed by atoms with E-state index in [1.807, 2.05) is 0 Å². The van der Waals surface area contributed by atoms with Gasteiger partial charge >= 0.3 is 13.8 Å². The van der Waals surface area contributed by atoms with E-state index in [9.17, 15) is 17.7 Å². The van der Waals surface area contributed by atoms with Gasteiger partial charge in [-0.3, -0.25) is 4.57 Å². The molecule has 0 aliphatic heterocycles. The van der Waals surface area contributed by atoms with Gasteiger partial charge in [-0.15, -0.1) is 0 Å². The number of hydrogen-bond acceptors (Lipinski definition) is 4. The highest BCUT2D eigenvalue weighted by molar-refractivity contribution is 7.53. The second kappa shape index (κ2) is 7.40. The van der Waals surface area contributed by atoms with Gasteiger partial charge in [0, 0.05) is 6.04 Å². The third-order valence-corrected chi connectivity index (χ3v) is 4.88. The summed E-state index contributed by atoms with van der Waals surface area (Å²) in [6.45, 7) is 3.76. The topological polar surface area (TPSA) is 61.5 Å². The predicted octanol–water partition coefficient (Wildman–Crippen LogP) is 3.97. The summed E-state index contributed by atoms with van der Waals surface area (Å²) in [7, 11) is -3.33. The predicted molar refractivity (Wildman–Crippen MR) is 74.1 cm³/mol. The summed E-state index contributed by atoms with van der Waals surface area (Å²) in [5, 5.41) is 0. The Kier molecular flexibility index (Phi) is 6.41. The molecule has 0 heterocycles. The third kappa shape index (κ3) is 5.43. The van der Waals surface area contributed by atoms with Gasteiger partial charge in [0.1, 0.15) is 0 Å². The van der Waals surface area contributed by atoms with Gasteiger partial charge in [0.05, 0.1) is 24.9 Å². The second-order valence-corrected chi connectivity index (χ2v) is 6.46. The normalized spacial score (nSPS) is 14.2. The van der Waals surface area contributed by atoms with E-state index in [1.54, 1.807) is 13.8 Å². The smallest absolute Gasteiger partial charge is 0.323 e. The average molecular weight is 325 g/mol. The fraction of sp³-hybridized carbons (Fsp3) is 0.538. The lowest BCUT2D eigenvalue weighted by Gasteiger charge is -2.21. The first kappa shape index (κ1) is 18.2. The summed E-state index contributed by atoms with van der Waals surface area (Å²) in [6, 6.07) is 3.71. The molecule has 0 fully saturated rings. The van der Waals surface area contributed by atoms with Crippen LogP contribution in [0.15, 0.2) is 24.3 Å². The molecule has 1 atom stereocenters. The van der Waals surface area contributed by atoms with Gasteiger partial charge < -0.3 is 14.8 Å². The summed E-state index contributed by atoms with van der Waals surface area (Å²) < 4.78 is 60.0. The highest BCUT2D eigenvalue weighted by atomic mass is 31.2. The van der Waals surface area contributed by atoms with Crippen LogP contribution in [0, 0.1) is 0 Å². The molecule has 1 unspecified atom stereocenters. The van der Waals surface area contributed by atoms with E-state index < -0.39 is 25.4 Å². The highest BCUT2D eigenvalue weighted by Gasteiger charge is 2.31. The van der Waals surface area contributed by atoms with Crippen LogP contribution in [0.2, 0.25) is 0 Å². The molecule has 1 aromatic carbocycles. The molecule has 0 amide bonds. The Morgan fingerprint density at radius 1 is 1.14 bits per heavy atom. The van der Waals surface area contributed by atoms with Gasteiger partial charge in [-0.05, 0) is 31.5 Å². The molecule has 0 aliphatic carbocycles. The van der Waals surface area contributed by atoms with E-state index in [0.717, 1.165) is 12.1 Å². The molecular formula is C13H19F3NO3P. The van der Waals surface area contributed by atoms with Crippen LogP contribution < -0.4 is 5.73 Å². The number of alkyl halides is 3. The van der Waals surface area contributed by atoms with Crippen LogP contribution in [0.4, 0.5) is 13.2 Å². The molecule has 21 heavy (non-hydrogen) atoms. The minimum atomic E-state index is -4.39. The molecule has 1 aromatic rings. The van der Waals surface area contributed by atoms with Gasteiger partial charge in [-0.25, -0.2) is 0 Å². The van der Waals surface area contributed by atoms with Crippen molar-refractivity contribution >= 4 is 7.60 Å². The van der Waals surface area contributed by atoms with Crippen LogP contribution in [0.3, 0.4) is 0 Å². The second-order valence-electron chi connectivity index (χ2n) is 4.36. The van der Waals surface area contributed by atoms with E-state index in [0.29, 0.717) is 5.56 Å². The molecule has 2 N–H and O–H groups in total. The van der Waals surface area contributed by atoms with Crippen molar-refractivity contribution < 1.29 is 26.8 Å². The quantitative estimate of drug-likeness (QED) is 0.771. The van der Waals surface area contributed by atoms with Crippen molar-refractivity contribution in [1.82, 2.24) is 0 Å². The number of hydrogen-bond donors (Lipinski definition) is 1. The first-order valence-electron chi connectivity index (χ1n) is 6.52. The summed E-state index contributed by atoms with van der Waals surface area (Å²) in [5.41, 5.74) is 5.58. The highest BCUT2D eigenvalue weighted by Crippen LogP contribution is 2.50. The van der Waals surface area contributed by atoms with E-state index in [1.165, 1.54) is 12.1 Å². The molecule has 0 saturated heterocycles. The zero-order valence-corrected chi connectivity index (χ0v) is 12.8. The molecule has 1 rings (SSSR count). The number of halogens is 3. The van der Waals surface area contributed by atoms with Crippen molar-refractivity contribution in [3.05, 3.63) is 35.4 Å². The fourth-order valence-electron chi connectivity index (χ4n) is 1.80. The number of benzene rings is 1. The maximum absolute atomic E-state index is 12.5. The summed E-state index contributed by atoms with van der Waals surface area (Å²) in [4.78, 5) is 0. The minimum Gasteiger partial charge on any atom is -0.323 e. The van der Waals surface area contributed by atoms with Crippen LogP contribution in [0.1, 0.15) is 31.0 Å². The van der Waals surface area contributed by atoms with E-state index in [4.69, 9.17) is 14.8 Å². The Balaban J connectivity index is 2.83. The summed E-state index contributed by atoms with van der Waals surface area (Å²) in [5.74, 6) is 0. The van der Waals surface area contributed by atoms with Crippen LogP contribution in [-0.4, -0.2) is 19.4 Å². The molecule has 0 aromatic heterocycles. The van der Waals surface area contributed by atoms with E-state index in [-0.39, 0.29) is 19.4 Å². The standard InChI is InChI=1S/C13H19F3NO3P/c1-3-19-21(18,20-4-2)9-12(17)10-5-7-11(8-6-10)13(14,15)16/h5-8,12H,3-4,9,17H2,1-2H3.